The summed E-state index contributed by atoms with van der Waals surface area (Å²) < 4.78 is 0. The Balaban J connectivity index is 0.000000509. The van der Waals surface area contributed by atoms with Crippen LogP contribution in [0.2, 0.25) is 0 Å². The molecular weight excluding hydrogens is 196 g/mol. The van der Waals surface area contributed by atoms with E-state index in [9.17, 15) is 0 Å². The molecule has 0 bridgehead atoms. The van der Waals surface area contributed by atoms with Gasteiger partial charge < -0.3 is 11.1 Å². The molecule has 96 valence electrons. The van der Waals surface area contributed by atoms with Crippen LogP contribution in [0.4, 0.5) is 0 Å². The van der Waals surface area contributed by atoms with Crippen LogP contribution in [0.25, 0.3) is 0 Å². The van der Waals surface area contributed by atoms with E-state index in [1.807, 2.05) is 27.7 Å². The second-order valence-corrected chi connectivity index (χ2v) is 4.44. The van der Waals surface area contributed by atoms with Crippen molar-refractivity contribution < 1.29 is 0 Å². The summed E-state index contributed by atoms with van der Waals surface area (Å²) in [6, 6.07) is 0.640. The summed E-state index contributed by atoms with van der Waals surface area (Å²) in [6.45, 7) is 13.4. The van der Waals surface area contributed by atoms with Gasteiger partial charge >= 0.3 is 0 Å². The Morgan fingerprint density at radius 3 is 2.38 bits per heavy atom. The fourth-order valence-corrected chi connectivity index (χ4v) is 2.67. The van der Waals surface area contributed by atoms with Crippen LogP contribution in [0.5, 0.6) is 0 Å². The molecule has 2 rings (SSSR count). The zero-order valence-corrected chi connectivity index (χ0v) is 12.0. The SMILES string of the molecule is CC.CC.CC1=C(N)C2(C)CCCC2NC1. The third kappa shape index (κ3) is 2.79. The van der Waals surface area contributed by atoms with E-state index in [0.717, 1.165) is 12.2 Å². The Kier molecular flexibility index (Phi) is 6.73. The summed E-state index contributed by atoms with van der Waals surface area (Å²) in [5.41, 5.74) is 8.90. The average molecular weight is 226 g/mol. The minimum Gasteiger partial charge on any atom is -0.402 e. The smallest absolute Gasteiger partial charge is 0.0224 e. The number of hydrogen-bond donors (Lipinski definition) is 2. The molecule has 0 spiro atoms. The predicted molar refractivity (Wildman–Crippen MR) is 73.3 cm³/mol. The van der Waals surface area contributed by atoms with Crippen molar-refractivity contribution in [2.75, 3.05) is 6.54 Å². The van der Waals surface area contributed by atoms with E-state index in [0.29, 0.717) is 6.04 Å². The van der Waals surface area contributed by atoms with E-state index < -0.39 is 0 Å². The molecule has 16 heavy (non-hydrogen) atoms. The van der Waals surface area contributed by atoms with Crippen LogP contribution in [0, 0.1) is 5.41 Å². The van der Waals surface area contributed by atoms with E-state index in [1.165, 1.54) is 24.8 Å². The number of hydrogen-bond acceptors (Lipinski definition) is 2. The molecule has 0 aromatic heterocycles. The highest BCUT2D eigenvalue weighted by molar-refractivity contribution is 5.26. The minimum atomic E-state index is 0.266. The molecule has 1 heterocycles. The molecule has 1 saturated carbocycles. The molecule has 0 aromatic rings. The van der Waals surface area contributed by atoms with Gasteiger partial charge in [0.25, 0.3) is 0 Å². The van der Waals surface area contributed by atoms with E-state index in [1.54, 1.807) is 0 Å². The van der Waals surface area contributed by atoms with E-state index in [2.05, 4.69) is 19.2 Å². The number of nitrogens with one attached hydrogen (secondary N) is 1. The van der Waals surface area contributed by atoms with Gasteiger partial charge in [-0.2, -0.15) is 0 Å². The quantitative estimate of drug-likeness (QED) is 0.664. The van der Waals surface area contributed by atoms with Gasteiger partial charge in [0, 0.05) is 23.7 Å². The van der Waals surface area contributed by atoms with Crippen molar-refractivity contribution in [1.29, 1.82) is 0 Å². The van der Waals surface area contributed by atoms with Gasteiger partial charge in [0.1, 0.15) is 0 Å². The topological polar surface area (TPSA) is 38.0 Å². The lowest BCUT2D eigenvalue weighted by Crippen LogP contribution is -2.48. The van der Waals surface area contributed by atoms with Gasteiger partial charge in [-0.1, -0.05) is 41.0 Å². The van der Waals surface area contributed by atoms with E-state index >= 15 is 0 Å². The fraction of sp³-hybridized carbons (Fsp3) is 0.857. The van der Waals surface area contributed by atoms with Crippen LogP contribution in [0.1, 0.15) is 60.8 Å². The summed E-state index contributed by atoms with van der Waals surface area (Å²) in [7, 11) is 0. The zero-order chi connectivity index (χ0) is 12.8. The van der Waals surface area contributed by atoms with Crippen LogP contribution in [0.15, 0.2) is 11.3 Å². The third-order valence-electron chi connectivity index (χ3n) is 3.65. The monoisotopic (exact) mass is 226 g/mol. The molecule has 3 N–H and O–H groups in total. The maximum atomic E-state index is 6.14. The molecular formula is C14H30N2. The lowest BCUT2D eigenvalue weighted by atomic mass is 9.77. The van der Waals surface area contributed by atoms with Crippen molar-refractivity contribution in [3.8, 4) is 0 Å². The first-order valence-corrected chi connectivity index (χ1v) is 6.83. The third-order valence-corrected chi connectivity index (χ3v) is 3.65. The maximum absolute atomic E-state index is 6.14. The molecule has 1 fully saturated rings. The molecule has 2 aliphatic rings. The summed E-state index contributed by atoms with van der Waals surface area (Å²) in [5.74, 6) is 0. The first-order valence-electron chi connectivity index (χ1n) is 6.83. The molecule has 0 amide bonds. The molecule has 0 radical (unpaired) electrons. The van der Waals surface area contributed by atoms with Crippen molar-refractivity contribution in [2.45, 2.75) is 66.8 Å². The molecule has 1 aliphatic carbocycles. The normalized spacial score (nSPS) is 32.0. The van der Waals surface area contributed by atoms with Crippen molar-refractivity contribution in [2.24, 2.45) is 11.1 Å². The Morgan fingerprint density at radius 2 is 1.81 bits per heavy atom. The van der Waals surface area contributed by atoms with E-state index in [-0.39, 0.29) is 5.41 Å². The van der Waals surface area contributed by atoms with Gasteiger partial charge in [-0.05, 0) is 25.3 Å². The number of fused-ring (bicyclic) bond motifs is 1. The first-order chi connectivity index (χ1) is 7.64. The first kappa shape index (κ1) is 15.5. The van der Waals surface area contributed by atoms with Crippen LogP contribution in [-0.2, 0) is 0 Å². The maximum Gasteiger partial charge on any atom is 0.0224 e. The second kappa shape index (κ2) is 6.95. The largest absolute Gasteiger partial charge is 0.402 e. The highest BCUT2D eigenvalue weighted by Gasteiger charge is 2.43. The highest BCUT2D eigenvalue weighted by Crippen LogP contribution is 2.44. The van der Waals surface area contributed by atoms with Crippen LogP contribution >= 0.6 is 0 Å². The minimum absolute atomic E-state index is 0.266. The molecule has 2 atom stereocenters. The highest BCUT2D eigenvalue weighted by atomic mass is 15.0. The lowest BCUT2D eigenvalue weighted by molar-refractivity contribution is 0.289. The molecule has 1 aliphatic heterocycles. The summed E-state index contributed by atoms with van der Waals surface area (Å²) in [4.78, 5) is 0. The Labute approximate surface area is 102 Å². The summed E-state index contributed by atoms with van der Waals surface area (Å²) in [6.07, 6.45) is 3.88. The average Bonchev–Trinajstić information content (AvgIpc) is 2.73. The van der Waals surface area contributed by atoms with Gasteiger partial charge in [-0.25, -0.2) is 0 Å². The fourth-order valence-electron chi connectivity index (χ4n) is 2.67. The standard InChI is InChI=1S/C10H18N2.2C2H6/c1-7-6-12-8-4-3-5-10(8,2)9(7)11;2*1-2/h8,12H,3-6,11H2,1-2H3;2*1-2H3. The van der Waals surface area contributed by atoms with Crippen molar-refractivity contribution >= 4 is 0 Å². The van der Waals surface area contributed by atoms with Gasteiger partial charge in [0.2, 0.25) is 0 Å². The second-order valence-electron chi connectivity index (χ2n) is 4.44. The van der Waals surface area contributed by atoms with E-state index in [4.69, 9.17) is 5.73 Å². The van der Waals surface area contributed by atoms with Gasteiger partial charge in [-0.15, -0.1) is 0 Å². The molecule has 2 unspecified atom stereocenters. The Bertz CT molecular complexity index is 233. The molecule has 0 aromatic carbocycles. The van der Waals surface area contributed by atoms with Crippen LogP contribution in [0.3, 0.4) is 0 Å². The summed E-state index contributed by atoms with van der Waals surface area (Å²) >= 11 is 0. The van der Waals surface area contributed by atoms with Crippen molar-refractivity contribution in [3.63, 3.8) is 0 Å². The van der Waals surface area contributed by atoms with Gasteiger partial charge in [-0.3, -0.25) is 0 Å². The zero-order valence-electron chi connectivity index (χ0n) is 12.0. The van der Waals surface area contributed by atoms with Gasteiger partial charge in [0.15, 0.2) is 0 Å². The molecule has 2 heteroatoms. The molecule has 2 nitrogen and oxygen atoms in total. The number of nitrogens with two attached hydrogens (primary N) is 1. The number of rotatable bonds is 0. The van der Waals surface area contributed by atoms with Crippen molar-refractivity contribution in [3.05, 3.63) is 11.3 Å². The Hall–Kier alpha value is -0.500. The summed E-state index contributed by atoms with van der Waals surface area (Å²) in [5, 5.41) is 3.56. The predicted octanol–water partition coefficient (Wildman–Crippen LogP) is 3.43. The molecule has 0 saturated heterocycles. The lowest BCUT2D eigenvalue weighted by Gasteiger charge is -2.38. The van der Waals surface area contributed by atoms with Crippen molar-refractivity contribution in [1.82, 2.24) is 5.32 Å². The van der Waals surface area contributed by atoms with Crippen LogP contribution in [-0.4, -0.2) is 12.6 Å². The van der Waals surface area contributed by atoms with Crippen LogP contribution < -0.4 is 11.1 Å². The van der Waals surface area contributed by atoms with Gasteiger partial charge in [0.05, 0.1) is 0 Å². The Morgan fingerprint density at radius 1 is 1.25 bits per heavy atom.